The molecule has 2 rings (SSSR count). The van der Waals surface area contributed by atoms with Crippen molar-refractivity contribution in [3.8, 4) is 0 Å². The van der Waals surface area contributed by atoms with Crippen molar-refractivity contribution in [3.05, 3.63) is 29.3 Å². The van der Waals surface area contributed by atoms with Gasteiger partial charge in [0.25, 0.3) is 5.91 Å². The molecule has 1 aliphatic heterocycles. The summed E-state index contributed by atoms with van der Waals surface area (Å²) in [5.41, 5.74) is 2.53. The molecule has 19 heavy (non-hydrogen) atoms. The number of hydrogen-bond donors (Lipinski definition) is 3. The fraction of sp³-hybridized carbons (Fsp3) is 0.533. The van der Waals surface area contributed by atoms with Gasteiger partial charge in [-0.3, -0.25) is 4.79 Å². The first kappa shape index (κ1) is 13.9. The van der Waals surface area contributed by atoms with E-state index in [2.05, 4.69) is 10.6 Å². The average molecular weight is 262 g/mol. The summed E-state index contributed by atoms with van der Waals surface area (Å²) in [5.74, 6) is -0.0565. The lowest BCUT2D eigenvalue weighted by atomic mass is 9.95. The molecule has 0 bridgehead atoms. The molecule has 1 aromatic rings. The molecule has 0 aliphatic carbocycles. The maximum atomic E-state index is 12.4. The van der Waals surface area contributed by atoms with Gasteiger partial charge in [0.2, 0.25) is 0 Å². The van der Waals surface area contributed by atoms with Crippen LogP contribution < -0.4 is 10.6 Å². The zero-order chi connectivity index (χ0) is 13.9. The highest BCUT2D eigenvalue weighted by Crippen LogP contribution is 2.25. The van der Waals surface area contributed by atoms with Crippen LogP contribution in [0.3, 0.4) is 0 Å². The Hall–Kier alpha value is -1.55. The third kappa shape index (κ3) is 3.26. The van der Waals surface area contributed by atoms with Crippen molar-refractivity contribution in [2.75, 3.05) is 18.5 Å². The van der Waals surface area contributed by atoms with E-state index in [9.17, 15) is 4.79 Å². The van der Waals surface area contributed by atoms with Crippen LogP contribution in [0.25, 0.3) is 0 Å². The second-order valence-corrected chi connectivity index (χ2v) is 5.67. The van der Waals surface area contributed by atoms with E-state index in [-0.39, 0.29) is 12.5 Å². The van der Waals surface area contributed by atoms with Gasteiger partial charge in [0, 0.05) is 29.9 Å². The summed E-state index contributed by atoms with van der Waals surface area (Å²) in [6.45, 7) is 4.89. The number of aliphatic hydroxyl groups is 1. The smallest absolute Gasteiger partial charge is 0.252 e. The van der Waals surface area contributed by atoms with Gasteiger partial charge in [-0.1, -0.05) is 6.07 Å². The number of fused-ring (bicyclic) bond motifs is 1. The largest absolute Gasteiger partial charge is 0.396 e. The summed E-state index contributed by atoms with van der Waals surface area (Å²) < 4.78 is 0. The van der Waals surface area contributed by atoms with Crippen molar-refractivity contribution in [1.82, 2.24) is 5.32 Å². The molecular weight excluding hydrogens is 240 g/mol. The van der Waals surface area contributed by atoms with E-state index < -0.39 is 5.54 Å². The molecular formula is C15H22N2O2. The zero-order valence-corrected chi connectivity index (χ0v) is 11.6. The molecule has 0 saturated carbocycles. The molecule has 0 radical (unpaired) electrons. The van der Waals surface area contributed by atoms with Crippen LogP contribution in [0.4, 0.5) is 5.69 Å². The highest BCUT2D eigenvalue weighted by molar-refractivity contribution is 5.97. The van der Waals surface area contributed by atoms with Crippen LogP contribution in [0.2, 0.25) is 0 Å². The van der Waals surface area contributed by atoms with Gasteiger partial charge in [-0.15, -0.1) is 0 Å². The Morgan fingerprint density at radius 2 is 2.26 bits per heavy atom. The van der Waals surface area contributed by atoms with Crippen LogP contribution in [0, 0.1) is 0 Å². The molecule has 1 aromatic carbocycles. The van der Waals surface area contributed by atoms with Crippen molar-refractivity contribution < 1.29 is 9.90 Å². The van der Waals surface area contributed by atoms with E-state index in [0.717, 1.165) is 36.2 Å². The quantitative estimate of drug-likeness (QED) is 0.777. The monoisotopic (exact) mass is 262 g/mol. The van der Waals surface area contributed by atoms with Gasteiger partial charge in [-0.25, -0.2) is 0 Å². The van der Waals surface area contributed by atoms with Crippen LogP contribution in [0.5, 0.6) is 0 Å². The predicted molar refractivity (Wildman–Crippen MR) is 76.5 cm³/mol. The Morgan fingerprint density at radius 3 is 3.00 bits per heavy atom. The van der Waals surface area contributed by atoms with E-state index >= 15 is 0 Å². The number of rotatable bonds is 4. The second-order valence-electron chi connectivity index (χ2n) is 5.67. The van der Waals surface area contributed by atoms with Crippen LogP contribution in [-0.2, 0) is 6.42 Å². The summed E-state index contributed by atoms with van der Waals surface area (Å²) in [7, 11) is 0. The summed E-state index contributed by atoms with van der Waals surface area (Å²) in [6.07, 6.45) is 2.54. The van der Waals surface area contributed by atoms with Crippen LogP contribution >= 0.6 is 0 Å². The molecule has 0 fully saturated rings. The summed E-state index contributed by atoms with van der Waals surface area (Å²) in [6, 6.07) is 5.80. The van der Waals surface area contributed by atoms with Crippen molar-refractivity contribution in [1.29, 1.82) is 0 Å². The van der Waals surface area contributed by atoms with Crippen LogP contribution in [-0.4, -0.2) is 29.7 Å². The number of carbonyl (C=O) groups is 1. The van der Waals surface area contributed by atoms with E-state index in [0.29, 0.717) is 6.42 Å². The number of amides is 1. The number of aliphatic hydroxyl groups excluding tert-OH is 1. The van der Waals surface area contributed by atoms with Gasteiger partial charge >= 0.3 is 0 Å². The number of nitrogens with one attached hydrogen (secondary N) is 2. The van der Waals surface area contributed by atoms with Crippen molar-refractivity contribution in [2.24, 2.45) is 0 Å². The molecule has 104 valence electrons. The molecule has 0 spiro atoms. The standard InChI is InChI=1S/C15H22N2O2/c1-15(2,8-10-18)17-14(19)12-5-3-7-13-11(12)6-4-9-16-13/h3,5,7,16,18H,4,6,8-10H2,1-2H3,(H,17,19). The maximum absolute atomic E-state index is 12.4. The molecule has 0 atom stereocenters. The minimum Gasteiger partial charge on any atom is -0.396 e. The summed E-state index contributed by atoms with van der Waals surface area (Å²) in [4.78, 5) is 12.4. The number of hydrogen-bond acceptors (Lipinski definition) is 3. The first-order valence-electron chi connectivity index (χ1n) is 6.83. The molecule has 0 aromatic heterocycles. The van der Waals surface area contributed by atoms with Crippen LogP contribution in [0.1, 0.15) is 42.6 Å². The molecule has 0 unspecified atom stereocenters. The molecule has 4 nitrogen and oxygen atoms in total. The van der Waals surface area contributed by atoms with Gasteiger partial charge in [0.1, 0.15) is 0 Å². The Kier molecular flexibility index (Phi) is 4.10. The summed E-state index contributed by atoms with van der Waals surface area (Å²) >= 11 is 0. The second kappa shape index (κ2) is 5.61. The topological polar surface area (TPSA) is 61.4 Å². The van der Waals surface area contributed by atoms with Crippen molar-refractivity contribution in [3.63, 3.8) is 0 Å². The van der Waals surface area contributed by atoms with Gasteiger partial charge in [-0.05, 0) is 50.8 Å². The van der Waals surface area contributed by atoms with Crippen molar-refractivity contribution >= 4 is 11.6 Å². The minimum atomic E-state index is -0.392. The fourth-order valence-electron chi connectivity index (χ4n) is 2.44. The first-order valence-corrected chi connectivity index (χ1v) is 6.83. The molecule has 1 amide bonds. The van der Waals surface area contributed by atoms with E-state index in [1.54, 1.807) is 0 Å². The third-order valence-electron chi connectivity index (χ3n) is 3.53. The van der Waals surface area contributed by atoms with Gasteiger partial charge in [-0.2, -0.15) is 0 Å². The lowest BCUT2D eigenvalue weighted by Gasteiger charge is -2.27. The average Bonchev–Trinajstić information content (AvgIpc) is 2.37. The first-order chi connectivity index (χ1) is 9.03. The third-order valence-corrected chi connectivity index (χ3v) is 3.53. The Morgan fingerprint density at radius 1 is 1.47 bits per heavy atom. The Balaban J connectivity index is 2.20. The molecule has 1 heterocycles. The van der Waals surface area contributed by atoms with Gasteiger partial charge in [0.15, 0.2) is 0 Å². The fourth-order valence-corrected chi connectivity index (χ4v) is 2.44. The van der Waals surface area contributed by atoms with Gasteiger partial charge in [0.05, 0.1) is 0 Å². The van der Waals surface area contributed by atoms with Crippen molar-refractivity contribution in [2.45, 2.75) is 38.6 Å². The molecule has 3 N–H and O–H groups in total. The van der Waals surface area contributed by atoms with E-state index in [1.807, 2.05) is 32.0 Å². The maximum Gasteiger partial charge on any atom is 0.252 e. The zero-order valence-electron chi connectivity index (χ0n) is 11.6. The SMILES string of the molecule is CC(C)(CCO)NC(=O)c1cccc2c1CCCN2. The molecule has 1 aliphatic rings. The minimum absolute atomic E-state index is 0.0565. The number of benzene rings is 1. The normalized spacial score (nSPS) is 14.5. The molecule has 0 saturated heterocycles. The highest BCUT2D eigenvalue weighted by atomic mass is 16.3. The van der Waals surface area contributed by atoms with Crippen LogP contribution in [0.15, 0.2) is 18.2 Å². The predicted octanol–water partition coefficient (Wildman–Crippen LogP) is 1.94. The van der Waals surface area contributed by atoms with Gasteiger partial charge < -0.3 is 15.7 Å². The Labute approximate surface area is 114 Å². The Bertz CT molecular complexity index is 469. The lowest BCUT2D eigenvalue weighted by Crippen LogP contribution is -2.44. The van der Waals surface area contributed by atoms with E-state index in [1.165, 1.54) is 0 Å². The highest BCUT2D eigenvalue weighted by Gasteiger charge is 2.23. The number of anilines is 1. The lowest BCUT2D eigenvalue weighted by molar-refractivity contribution is 0.0898. The number of carbonyl (C=O) groups excluding carboxylic acids is 1. The van der Waals surface area contributed by atoms with E-state index in [4.69, 9.17) is 5.11 Å². The summed E-state index contributed by atoms with van der Waals surface area (Å²) in [5, 5.41) is 15.3. The molecule has 4 heteroatoms.